The molecule has 0 spiro atoms. The first-order valence-electron chi connectivity index (χ1n) is 12.3. The second kappa shape index (κ2) is 11.0. The molecule has 36 heavy (non-hydrogen) atoms. The highest BCUT2D eigenvalue weighted by Crippen LogP contribution is 2.31. The monoisotopic (exact) mass is 503 g/mol. The predicted molar refractivity (Wildman–Crippen MR) is 142 cm³/mol. The number of ether oxygens (including phenoxy) is 2. The van der Waals surface area contributed by atoms with Gasteiger partial charge >= 0.3 is 0 Å². The Balaban J connectivity index is 1.24. The van der Waals surface area contributed by atoms with Crippen LogP contribution in [0.25, 0.3) is 11.0 Å². The first kappa shape index (κ1) is 24.2. The summed E-state index contributed by atoms with van der Waals surface area (Å²) in [4.78, 5) is 19.8. The Labute approximate surface area is 216 Å². The van der Waals surface area contributed by atoms with Crippen molar-refractivity contribution in [2.45, 2.75) is 38.3 Å². The van der Waals surface area contributed by atoms with Gasteiger partial charge in [0.1, 0.15) is 17.3 Å². The van der Waals surface area contributed by atoms with Gasteiger partial charge in [-0.15, -0.1) is 0 Å². The number of hydrogen-bond donors (Lipinski definition) is 0. The van der Waals surface area contributed by atoms with Crippen molar-refractivity contribution in [2.75, 3.05) is 20.3 Å². The first-order chi connectivity index (χ1) is 17.6. The molecule has 5 rings (SSSR count). The SMILES string of the molecule is COc1ccc(CN2CC(c3nc4ccccc4n3CCCCOc3ccc(Cl)cc3)CC2=O)cc1. The maximum atomic E-state index is 12.9. The Morgan fingerprint density at radius 2 is 1.72 bits per heavy atom. The van der Waals surface area contributed by atoms with E-state index < -0.39 is 0 Å². The van der Waals surface area contributed by atoms with Crippen LogP contribution < -0.4 is 9.47 Å². The minimum atomic E-state index is 0.0773. The maximum absolute atomic E-state index is 12.9. The van der Waals surface area contributed by atoms with Gasteiger partial charge < -0.3 is 18.9 Å². The van der Waals surface area contributed by atoms with E-state index in [2.05, 4.69) is 10.6 Å². The van der Waals surface area contributed by atoms with E-state index in [-0.39, 0.29) is 11.8 Å². The molecule has 186 valence electrons. The summed E-state index contributed by atoms with van der Waals surface area (Å²) in [5, 5.41) is 0.704. The lowest BCUT2D eigenvalue weighted by Gasteiger charge is -2.18. The Morgan fingerprint density at radius 1 is 0.972 bits per heavy atom. The number of aromatic nitrogens is 2. The number of rotatable bonds is 10. The van der Waals surface area contributed by atoms with Gasteiger partial charge in [0.25, 0.3) is 0 Å². The third-order valence-electron chi connectivity index (χ3n) is 6.65. The number of para-hydroxylation sites is 2. The quantitative estimate of drug-likeness (QED) is 0.246. The summed E-state index contributed by atoms with van der Waals surface area (Å²) in [6.07, 6.45) is 2.36. The van der Waals surface area contributed by atoms with Gasteiger partial charge in [-0.2, -0.15) is 0 Å². The van der Waals surface area contributed by atoms with E-state index >= 15 is 0 Å². The smallest absolute Gasteiger partial charge is 0.223 e. The number of unbranched alkanes of at least 4 members (excludes halogenated alkanes) is 1. The highest BCUT2D eigenvalue weighted by atomic mass is 35.5. The summed E-state index contributed by atoms with van der Waals surface area (Å²) >= 11 is 5.95. The molecule has 0 aliphatic carbocycles. The van der Waals surface area contributed by atoms with E-state index in [1.165, 1.54) is 0 Å². The number of amides is 1. The third-order valence-corrected chi connectivity index (χ3v) is 6.91. The van der Waals surface area contributed by atoms with Gasteiger partial charge in [-0.3, -0.25) is 4.79 Å². The number of aryl methyl sites for hydroxylation is 1. The van der Waals surface area contributed by atoms with Crippen molar-refractivity contribution in [2.24, 2.45) is 0 Å². The van der Waals surface area contributed by atoms with Crippen molar-refractivity contribution in [3.05, 3.63) is 89.2 Å². The van der Waals surface area contributed by atoms with Crippen LogP contribution in [-0.4, -0.2) is 40.6 Å². The molecule has 1 unspecified atom stereocenters. The largest absolute Gasteiger partial charge is 0.497 e. The predicted octanol–water partition coefficient (Wildman–Crippen LogP) is 6.07. The molecule has 1 atom stereocenters. The Hall–Kier alpha value is -3.51. The molecule has 2 heterocycles. The second-order valence-electron chi connectivity index (χ2n) is 9.14. The van der Waals surface area contributed by atoms with E-state index in [0.717, 1.165) is 53.3 Å². The minimum Gasteiger partial charge on any atom is -0.497 e. The maximum Gasteiger partial charge on any atom is 0.223 e. The Bertz CT molecular complexity index is 1320. The molecule has 1 aliphatic rings. The topological polar surface area (TPSA) is 56.6 Å². The number of methoxy groups -OCH3 is 1. The van der Waals surface area contributed by atoms with Gasteiger partial charge in [-0.25, -0.2) is 4.98 Å². The van der Waals surface area contributed by atoms with Crippen LogP contribution in [-0.2, 0) is 17.9 Å². The molecule has 1 saturated heterocycles. The van der Waals surface area contributed by atoms with Crippen molar-refractivity contribution in [3.63, 3.8) is 0 Å². The molecule has 0 bridgehead atoms. The molecule has 0 saturated carbocycles. The zero-order chi connectivity index (χ0) is 24.9. The Morgan fingerprint density at radius 3 is 2.50 bits per heavy atom. The zero-order valence-electron chi connectivity index (χ0n) is 20.4. The van der Waals surface area contributed by atoms with Gasteiger partial charge in [0.2, 0.25) is 5.91 Å². The van der Waals surface area contributed by atoms with Crippen molar-refractivity contribution in [1.29, 1.82) is 0 Å². The van der Waals surface area contributed by atoms with E-state index in [9.17, 15) is 4.79 Å². The fourth-order valence-corrected chi connectivity index (χ4v) is 4.91. The molecule has 1 fully saturated rings. The second-order valence-corrected chi connectivity index (χ2v) is 9.58. The first-order valence-corrected chi connectivity index (χ1v) is 12.7. The van der Waals surface area contributed by atoms with E-state index in [4.69, 9.17) is 26.1 Å². The summed E-state index contributed by atoms with van der Waals surface area (Å²) in [5.74, 6) is 2.89. The third kappa shape index (κ3) is 5.49. The molecular formula is C29H30ClN3O3. The van der Waals surface area contributed by atoms with Crippen LogP contribution in [0.1, 0.15) is 36.6 Å². The van der Waals surface area contributed by atoms with E-state index in [1.54, 1.807) is 7.11 Å². The number of carbonyl (C=O) groups is 1. The summed E-state index contributed by atoms with van der Waals surface area (Å²) in [6, 6.07) is 23.6. The van der Waals surface area contributed by atoms with Gasteiger partial charge in [-0.1, -0.05) is 35.9 Å². The molecule has 7 heteroatoms. The molecule has 1 aromatic heterocycles. The molecular weight excluding hydrogens is 474 g/mol. The average Bonchev–Trinajstić information content (AvgIpc) is 3.45. The fraction of sp³-hybridized carbons (Fsp3) is 0.310. The van der Waals surface area contributed by atoms with Crippen LogP contribution in [0, 0.1) is 0 Å². The average molecular weight is 504 g/mol. The minimum absolute atomic E-state index is 0.0773. The van der Waals surface area contributed by atoms with E-state index in [1.807, 2.05) is 71.6 Å². The van der Waals surface area contributed by atoms with Gasteiger partial charge in [0, 0.05) is 37.0 Å². The van der Waals surface area contributed by atoms with Crippen molar-refractivity contribution < 1.29 is 14.3 Å². The molecule has 6 nitrogen and oxygen atoms in total. The van der Waals surface area contributed by atoms with Crippen molar-refractivity contribution >= 4 is 28.5 Å². The number of carbonyl (C=O) groups excluding carboxylic acids is 1. The summed E-state index contributed by atoms with van der Waals surface area (Å²) < 4.78 is 13.4. The van der Waals surface area contributed by atoms with Crippen LogP contribution in [0.4, 0.5) is 0 Å². The number of likely N-dealkylation sites (tertiary alicyclic amines) is 1. The molecule has 4 aromatic rings. The normalized spacial score (nSPS) is 15.6. The molecule has 0 N–H and O–H groups in total. The summed E-state index contributed by atoms with van der Waals surface area (Å²) in [5.41, 5.74) is 3.19. The molecule has 1 aliphatic heterocycles. The highest BCUT2D eigenvalue weighted by molar-refractivity contribution is 6.30. The zero-order valence-corrected chi connectivity index (χ0v) is 21.2. The number of imidazole rings is 1. The highest BCUT2D eigenvalue weighted by Gasteiger charge is 2.33. The molecule has 1 amide bonds. The van der Waals surface area contributed by atoms with Gasteiger partial charge in [0.15, 0.2) is 0 Å². The van der Waals surface area contributed by atoms with Gasteiger partial charge in [-0.05, 0) is 66.9 Å². The number of nitrogens with zero attached hydrogens (tertiary/aromatic N) is 3. The summed E-state index contributed by atoms with van der Waals surface area (Å²) in [6.45, 7) is 2.75. The van der Waals surface area contributed by atoms with Crippen LogP contribution in [0.3, 0.4) is 0 Å². The fourth-order valence-electron chi connectivity index (χ4n) is 4.78. The van der Waals surface area contributed by atoms with E-state index in [0.29, 0.717) is 31.1 Å². The number of halogens is 1. The van der Waals surface area contributed by atoms with Crippen molar-refractivity contribution in [3.8, 4) is 11.5 Å². The molecule has 0 radical (unpaired) electrons. The van der Waals surface area contributed by atoms with Gasteiger partial charge in [0.05, 0.1) is 24.8 Å². The lowest BCUT2D eigenvalue weighted by Crippen LogP contribution is -2.24. The standard InChI is InChI=1S/C29H30ClN3O3/c1-35-24-12-8-21(9-13-24)19-32-20-22(18-28(32)34)29-31-26-6-2-3-7-27(26)33(29)16-4-5-17-36-25-14-10-23(30)11-15-25/h2-3,6-15,22H,4-5,16-20H2,1H3. The van der Waals surface area contributed by atoms with Crippen LogP contribution in [0.5, 0.6) is 11.5 Å². The number of hydrogen-bond acceptors (Lipinski definition) is 4. The summed E-state index contributed by atoms with van der Waals surface area (Å²) in [7, 11) is 1.66. The number of fused-ring (bicyclic) bond motifs is 1. The van der Waals surface area contributed by atoms with Crippen molar-refractivity contribution in [1.82, 2.24) is 14.5 Å². The van der Waals surface area contributed by atoms with Crippen LogP contribution in [0.15, 0.2) is 72.8 Å². The Kier molecular flexibility index (Phi) is 7.42. The van der Waals surface area contributed by atoms with Crippen LogP contribution in [0.2, 0.25) is 5.02 Å². The lowest BCUT2D eigenvalue weighted by atomic mass is 10.1. The van der Waals surface area contributed by atoms with Crippen LogP contribution >= 0.6 is 11.6 Å². The molecule has 3 aromatic carbocycles. The lowest BCUT2D eigenvalue weighted by molar-refractivity contribution is -0.128. The number of benzene rings is 3.